The third-order valence-corrected chi connectivity index (χ3v) is 8.02. The molecule has 2 amide bonds. The molecule has 158 valence electrons. The highest BCUT2D eigenvalue weighted by Crippen LogP contribution is 2.48. The van der Waals surface area contributed by atoms with E-state index in [9.17, 15) is 22.7 Å². The Morgan fingerprint density at radius 3 is 2.34 bits per heavy atom. The Balaban J connectivity index is 1.85. The first-order valence-electron chi connectivity index (χ1n) is 9.43. The van der Waals surface area contributed by atoms with Gasteiger partial charge in [-0.05, 0) is 48.4 Å². The lowest BCUT2D eigenvalue weighted by Crippen LogP contribution is -2.34. The van der Waals surface area contributed by atoms with Gasteiger partial charge in [0.2, 0.25) is 0 Å². The van der Waals surface area contributed by atoms with Crippen LogP contribution in [0.15, 0.2) is 28.5 Å². The zero-order valence-corrected chi connectivity index (χ0v) is 18.4. The summed E-state index contributed by atoms with van der Waals surface area (Å²) in [5.41, 5.74) is 0.401. The maximum Gasteiger partial charge on any atom is 0.333 e. The van der Waals surface area contributed by atoms with Crippen LogP contribution in [0.5, 0.6) is 0 Å². The molecule has 3 N–H and O–H groups in total. The Labute approximate surface area is 174 Å². The van der Waals surface area contributed by atoms with Gasteiger partial charge in [-0.1, -0.05) is 33.8 Å². The summed E-state index contributed by atoms with van der Waals surface area (Å²) in [5, 5.41) is 12.7. The second kappa shape index (κ2) is 7.70. The molecule has 0 spiro atoms. The van der Waals surface area contributed by atoms with Gasteiger partial charge < -0.3 is 10.4 Å². The average Bonchev–Trinajstić information content (AvgIpc) is 3.14. The standard InChI is InChI=1S/C20H25FN2O4S2/c1-11(2)13-5-6-14(21)17(12(3)4)18(13)22-19(24)23-29(26,27)16-8-7-15(28-16)20(25)9-10-20/h5-8,11-12,25H,9-10H2,1-4H3,(H2,22,23,24). The summed E-state index contributed by atoms with van der Waals surface area (Å²) in [5.74, 6) is -0.665. The number of carbonyl (C=O) groups excluding carboxylic acids is 1. The molecule has 6 nitrogen and oxygen atoms in total. The van der Waals surface area contributed by atoms with Gasteiger partial charge in [-0.25, -0.2) is 22.3 Å². The first kappa shape index (κ1) is 21.7. The fraction of sp³-hybridized carbons (Fsp3) is 0.450. The lowest BCUT2D eigenvalue weighted by Gasteiger charge is -2.21. The molecule has 0 bridgehead atoms. The predicted octanol–water partition coefficient (Wildman–Crippen LogP) is 4.63. The number of sulfonamides is 1. The highest BCUT2D eigenvalue weighted by atomic mass is 32.2. The molecule has 1 aromatic carbocycles. The van der Waals surface area contributed by atoms with E-state index in [1.807, 2.05) is 18.6 Å². The highest BCUT2D eigenvalue weighted by Gasteiger charge is 2.44. The summed E-state index contributed by atoms with van der Waals surface area (Å²) < 4.78 is 41.5. The molecule has 3 rings (SSSR count). The van der Waals surface area contributed by atoms with Gasteiger partial charge in [0.1, 0.15) is 10.0 Å². The van der Waals surface area contributed by atoms with E-state index in [1.165, 1.54) is 12.1 Å². The van der Waals surface area contributed by atoms with Crippen molar-refractivity contribution in [3.05, 3.63) is 46.1 Å². The van der Waals surface area contributed by atoms with Crippen molar-refractivity contribution in [2.45, 2.75) is 62.2 Å². The normalized spacial score (nSPS) is 15.6. The van der Waals surface area contributed by atoms with Crippen molar-refractivity contribution in [3.63, 3.8) is 0 Å². The van der Waals surface area contributed by atoms with Gasteiger partial charge in [0.15, 0.2) is 0 Å². The van der Waals surface area contributed by atoms with Crippen LogP contribution in [0.25, 0.3) is 0 Å². The third-order valence-electron chi connectivity index (χ3n) is 4.92. The average molecular weight is 441 g/mol. The van der Waals surface area contributed by atoms with E-state index in [4.69, 9.17) is 0 Å². The van der Waals surface area contributed by atoms with Gasteiger partial charge in [0, 0.05) is 10.4 Å². The number of thiophene rings is 1. The molecule has 0 atom stereocenters. The Kier molecular flexibility index (Phi) is 5.77. The van der Waals surface area contributed by atoms with E-state index in [1.54, 1.807) is 26.0 Å². The van der Waals surface area contributed by atoms with Crippen LogP contribution >= 0.6 is 11.3 Å². The molecule has 1 aliphatic rings. The highest BCUT2D eigenvalue weighted by molar-refractivity contribution is 7.92. The summed E-state index contributed by atoms with van der Waals surface area (Å²) in [7, 11) is -4.12. The molecule has 0 aliphatic heterocycles. The topological polar surface area (TPSA) is 95.5 Å². The first-order chi connectivity index (χ1) is 13.4. The van der Waals surface area contributed by atoms with Crippen LogP contribution in [0.1, 0.15) is 68.4 Å². The monoisotopic (exact) mass is 440 g/mol. The number of amides is 2. The number of halogens is 1. The minimum atomic E-state index is -4.12. The summed E-state index contributed by atoms with van der Waals surface area (Å²) >= 11 is 0.936. The number of carbonyl (C=O) groups is 1. The SMILES string of the molecule is CC(C)c1ccc(F)c(C(C)C)c1NC(=O)NS(=O)(=O)c1ccc(C2(O)CC2)s1. The van der Waals surface area contributed by atoms with Crippen LogP contribution < -0.4 is 10.0 Å². The van der Waals surface area contributed by atoms with Crippen LogP contribution in [0.4, 0.5) is 14.9 Å². The maximum absolute atomic E-state index is 14.4. The van der Waals surface area contributed by atoms with Crippen LogP contribution in [0.2, 0.25) is 0 Å². The fourth-order valence-corrected chi connectivity index (χ4v) is 5.55. The minimum absolute atomic E-state index is 0.000790. The first-order valence-corrected chi connectivity index (χ1v) is 11.7. The minimum Gasteiger partial charge on any atom is -0.384 e. The molecule has 1 heterocycles. The van der Waals surface area contributed by atoms with E-state index in [2.05, 4.69) is 5.32 Å². The fourth-order valence-electron chi connectivity index (χ4n) is 3.19. The van der Waals surface area contributed by atoms with Crippen molar-refractivity contribution >= 4 is 33.1 Å². The number of benzene rings is 1. The molecular weight excluding hydrogens is 415 g/mol. The summed E-state index contributed by atoms with van der Waals surface area (Å²) in [6.07, 6.45) is 1.19. The van der Waals surface area contributed by atoms with Gasteiger partial charge in [0.05, 0.1) is 11.3 Å². The molecule has 0 unspecified atom stereocenters. The van der Waals surface area contributed by atoms with Gasteiger partial charge in [-0.2, -0.15) is 0 Å². The summed E-state index contributed by atoms with van der Waals surface area (Å²) in [6.45, 7) is 7.43. The Hall–Kier alpha value is -1.97. The van der Waals surface area contributed by atoms with Crippen molar-refractivity contribution in [1.82, 2.24) is 4.72 Å². The van der Waals surface area contributed by atoms with E-state index in [-0.39, 0.29) is 16.0 Å². The Morgan fingerprint density at radius 1 is 1.14 bits per heavy atom. The molecule has 1 aromatic heterocycles. The Morgan fingerprint density at radius 2 is 1.79 bits per heavy atom. The number of rotatable bonds is 6. The molecule has 9 heteroatoms. The van der Waals surface area contributed by atoms with Crippen molar-refractivity contribution in [1.29, 1.82) is 0 Å². The van der Waals surface area contributed by atoms with Gasteiger partial charge in [-0.15, -0.1) is 11.3 Å². The summed E-state index contributed by atoms with van der Waals surface area (Å²) in [6, 6.07) is 4.93. The van der Waals surface area contributed by atoms with Crippen molar-refractivity contribution in [2.75, 3.05) is 5.32 Å². The maximum atomic E-state index is 14.4. The van der Waals surface area contributed by atoms with E-state index < -0.39 is 27.5 Å². The lowest BCUT2D eigenvalue weighted by atomic mass is 9.92. The molecule has 2 aromatic rings. The molecule has 1 aliphatic carbocycles. The van der Waals surface area contributed by atoms with Gasteiger partial charge >= 0.3 is 6.03 Å². The zero-order chi connectivity index (χ0) is 21.6. The summed E-state index contributed by atoms with van der Waals surface area (Å²) in [4.78, 5) is 13.1. The quantitative estimate of drug-likeness (QED) is 0.610. The van der Waals surface area contributed by atoms with Crippen LogP contribution in [0.3, 0.4) is 0 Å². The second-order valence-electron chi connectivity index (χ2n) is 7.94. The largest absolute Gasteiger partial charge is 0.384 e. The van der Waals surface area contributed by atoms with Crippen molar-refractivity contribution < 1.29 is 22.7 Å². The number of hydrogen-bond donors (Lipinski definition) is 3. The molecule has 1 saturated carbocycles. The smallest absolute Gasteiger partial charge is 0.333 e. The number of hydrogen-bond acceptors (Lipinski definition) is 5. The Bertz CT molecular complexity index is 1040. The molecule has 29 heavy (non-hydrogen) atoms. The zero-order valence-electron chi connectivity index (χ0n) is 16.7. The van der Waals surface area contributed by atoms with E-state index in [0.717, 1.165) is 16.9 Å². The van der Waals surface area contributed by atoms with Crippen LogP contribution in [-0.4, -0.2) is 19.6 Å². The van der Waals surface area contributed by atoms with Gasteiger partial charge in [0.25, 0.3) is 10.0 Å². The molecule has 1 fully saturated rings. The van der Waals surface area contributed by atoms with Crippen LogP contribution in [0, 0.1) is 5.82 Å². The lowest BCUT2D eigenvalue weighted by molar-refractivity contribution is 0.155. The molecule has 0 saturated heterocycles. The van der Waals surface area contributed by atoms with E-state index >= 15 is 0 Å². The van der Waals surface area contributed by atoms with Crippen molar-refractivity contribution in [2.24, 2.45) is 0 Å². The molecular formula is C20H25FN2O4S2. The number of anilines is 1. The second-order valence-corrected chi connectivity index (χ2v) is 10.9. The predicted molar refractivity (Wildman–Crippen MR) is 111 cm³/mol. The number of aliphatic hydroxyl groups is 1. The van der Waals surface area contributed by atoms with Crippen LogP contribution in [-0.2, 0) is 15.6 Å². The third kappa shape index (κ3) is 4.46. The van der Waals surface area contributed by atoms with Gasteiger partial charge in [-0.3, -0.25) is 0 Å². The van der Waals surface area contributed by atoms with E-state index in [0.29, 0.717) is 29.0 Å². The number of urea groups is 1. The van der Waals surface area contributed by atoms with Crippen molar-refractivity contribution in [3.8, 4) is 0 Å². The number of nitrogens with one attached hydrogen (secondary N) is 2. The molecule has 0 radical (unpaired) electrons.